The second-order valence-electron chi connectivity index (χ2n) is 4.86. The molecule has 0 bridgehead atoms. The lowest BCUT2D eigenvalue weighted by atomic mass is 10.2. The summed E-state index contributed by atoms with van der Waals surface area (Å²) in [4.78, 5) is 24.3. The number of methoxy groups -OCH3 is 1. The number of hydrogen-bond donors (Lipinski definition) is 1. The molecule has 5 nitrogen and oxygen atoms in total. The van der Waals surface area contributed by atoms with Gasteiger partial charge in [0.1, 0.15) is 11.6 Å². The summed E-state index contributed by atoms with van der Waals surface area (Å²) in [6, 6.07) is 10.4. The van der Waals surface area contributed by atoms with Crippen LogP contribution in [0.1, 0.15) is 17.3 Å². The first-order chi connectivity index (χ1) is 11.4. The minimum atomic E-state index is -1.04. The Morgan fingerprint density at radius 2 is 1.92 bits per heavy atom. The van der Waals surface area contributed by atoms with Crippen molar-refractivity contribution in [3.05, 3.63) is 58.3 Å². The average molecular weight is 396 g/mol. The summed E-state index contributed by atoms with van der Waals surface area (Å²) in [6.07, 6.45) is -1.04. The quantitative estimate of drug-likeness (QED) is 0.782. The number of anilines is 1. The molecule has 7 heteroatoms. The number of benzene rings is 2. The zero-order valence-electron chi connectivity index (χ0n) is 13.0. The summed E-state index contributed by atoms with van der Waals surface area (Å²) in [6.45, 7) is 1.44. The van der Waals surface area contributed by atoms with Crippen LogP contribution >= 0.6 is 15.9 Å². The maximum atomic E-state index is 13.1. The van der Waals surface area contributed by atoms with Crippen LogP contribution in [-0.2, 0) is 9.53 Å². The van der Waals surface area contributed by atoms with Crippen molar-refractivity contribution in [2.45, 2.75) is 13.0 Å². The predicted molar refractivity (Wildman–Crippen MR) is 90.6 cm³/mol. The van der Waals surface area contributed by atoms with Gasteiger partial charge in [-0.1, -0.05) is 12.1 Å². The van der Waals surface area contributed by atoms with Gasteiger partial charge >= 0.3 is 5.97 Å². The van der Waals surface area contributed by atoms with Crippen LogP contribution in [0.5, 0.6) is 5.75 Å². The molecule has 2 aromatic rings. The highest BCUT2D eigenvalue weighted by Crippen LogP contribution is 2.24. The molecule has 2 aromatic carbocycles. The number of nitrogens with one attached hydrogen (secondary N) is 1. The Balaban J connectivity index is 2.04. The van der Waals surface area contributed by atoms with Crippen molar-refractivity contribution in [1.82, 2.24) is 0 Å². The lowest BCUT2D eigenvalue weighted by molar-refractivity contribution is -0.123. The maximum absolute atomic E-state index is 13.1. The minimum Gasteiger partial charge on any atom is -0.495 e. The van der Waals surface area contributed by atoms with Crippen molar-refractivity contribution in [3.63, 3.8) is 0 Å². The highest BCUT2D eigenvalue weighted by Gasteiger charge is 2.21. The van der Waals surface area contributed by atoms with Crippen LogP contribution in [0, 0.1) is 5.82 Å². The zero-order valence-corrected chi connectivity index (χ0v) is 14.6. The number of esters is 1. The summed E-state index contributed by atoms with van der Waals surface area (Å²) < 4.78 is 23.6. The van der Waals surface area contributed by atoms with E-state index in [-0.39, 0.29) is 10.0 Å². The van der Waals surface area contributed by atoms with Gasteiger partial charge in [-0.05, 0) is 53.2 Å². The number of para-hydroxylation sites is 2. The van der Waals surface area contributed by atoms with Crippen molar-refractivity contribution < 1.29 is 23.5 Å². The molecule has 0 radical (unpaired) electrons. The van der Waals surface area contributed by atoms with Crippen molar-refractivity contribution >= 4 is 33.5 Å². The van der Waals surface area contributed by atoms with E-state index < -0.39 is 23.8 Å². The van der Waals surface area contributed by atoms with Crippen molar-refractivity contribution in [2.24, 2.45) is 0 Å². The second kappa shape index (κ2) is 7.92. The molecule has 0 aromatic heterocycles. The molecule has 1 amide bonds. The van der Waals surface area contributed by atoms with Crippen LogP contribution in [0.2, 0.25) is 0 Å². The lowest BCUT2D eigenvalue weighted by Crippen LogP contribution is -2.30. The highest BCUT2D eigenvalue weighted by atomic mass is 79.9. The van der Waals surface area contributed by atoms with E-state index in [0.29, 0.717) is 11.4 Å². The van der Waals surface area contributed by atoms with Crippen molar-refractivity contribution in [2.75, 3.05) is 12.4 Å². The van der Waals surface area contributed by atoms with Crippen LogP contribution in [-0.4, -0.2) is 25.1 Å². The Labute approximate surface area is 146 Å². The summed E-state index contributed by atoms with van der Waals surface area (Å²) in [7, 11) is 1.49. The summed E-state index contributed by atoms with van der Waals surface area (Å²) >= 11 is 3.09. The fourth-order valence-corrected chi connectivity index (χ4v) is 2.43. The molecule has 24 heavy (non-hydrogen) atoms. The molecular formula is C17H15BrFNO4. The average Bonchev–Trinajstić information content (AvgIpc) is 2.55. The van der Waals surface area contributed by atoms with E-state index in [2.05, 4.69) is 21.2 Å². The maximum Gasteiger partial charge on any atom is 0.340 e. The first-order valence-corrected chi connectivity index (χ1v) is 7.81. The first kappa shape index (κ1) is 17.9. The third-order valence-corrected chi connectivity index (χ3v) is 3.83. The lowest BCUT2D eigenvalue weighted by Gasteiger charge is -2.15. The number of ether oxygens (including phenoxy) is 2. The Hall–Kier alpha value is -2.41. The van der Waals surface area contributed by atoms with E-state index in [1.54, 1.807) is 24.3 Å². The SMILES string of the molecule is COc1ccccc1NC(=O)[C@@H](C)OC(=O)c1ccc(F)cc1Br. The smallest absolute Gasteiger partial charge is 0.340 e. The third-order valence-electron chi connectivity index (χ3n) is 3.17. The van der Waals surface area contributed by atoms with Gasteiger partial charge in [0.15, 0.2) is 6.10 Å². The van der Waals surface area contributed by atoms with E-state index >= 15 is 0 Å². The van der Waals surface area contributed by atoms with Gasteiger partial charge in [0, 0.05) is 4.47 Å². The van der Waals surface area contributed by atoms with Gasteiger partial charge in [0.25, 0.3) is 5.91 Å². The van der Waals surface area contributed by atoms with E-state index in [0.717, 1.165) is 12.1 Å². The fourth-order valence-electron chi connectivity index (χ4n) is 1.91. The van der Waals surface area contributed by atoms with E-state index in [9.17, 15) is 14.0 Å². The normalized spacial score (nSPS) is 11.5. The monoisotopic (exact) mass is 395 g/mol. The zero-order chi connectivity index (χ0) is 17.7. The van der Waals surface area contributed by atoms with Gasteiger partial charge in [-0.25, -0.2) is 9.18 Å². The molecule has 0 spiro atoms. The third kappa shape index (κ3) is 4.32. The van der Waals surface area contributed by atoms with Crippen molar-refractivity contribution in [3.8, 4) is 5.75 Å². The Morgan fingerprint density at radius 1 is 1.21 bits per heavy atom. The molecule has 0 aliphatic rings. The van der Waals surface area contributed by atoms with Gasteiger partial charge in [-0.15, -0.1) is 0 Å². The van der Waals surface area contributed by atoms with Crippen LogP contribution in [0.4, 0.5) is 10.1 Å². The van der Waals surface area contributed by atoms with Crippen LogP contribution in [0.3, 0.4) is 0 Å². The number of rotatable bonds is 5. The van der Waals surface area contributed by atoms with E-state index in [1.165, 1.54) is 20.1 Å². The number of amides is 1. The molecule has 0 aliphatic carbocycles. The summed E-state index contributed by atoms with van der Waals surface area (Å²) in [5.74, 6) is -1.23. The molecular weight excluding hydrogens is 381 g/mol. The highest BCUT2D eigenvalue weighted by molar-refractivity contribution is 9.10. The standard InChI is InChI=1S/C17H15BrFNO4/c1-10(16(21)20-14-5-3-4-6-15(14)23-2)24-17(22)12-8-7-11(19)9-13(12)18/h3-10H,1-2H3,(H,20,21)/t10-/m1/s1. The Morgan fingerprint density at radius 3 is 2.58 bits per heavy atom. The van der Waals surface area contributed by atoms with Gasteiger partial charge < -0.3 is 14.8 Å². The Kier molecular flexibility index (Phi) is 5.92. The summed E-state index contributed by atoms with van der Waals surface area (Å²) in [5, 5.41) is 2.63. The first-order valence-electron chi connectivity index (χ1n) is 7.02. The second-order valence-corrected chi connectivity index (χ2v) is 5.72. The minimum absolute atomic E-state index is 0.133. The number of halogens is 2. The Bertz CT molecular complexity index is 766. The number of hydrogen-bond acceptors (Lipinski definition) is 4. The van der Waals surface area contributed by atoms with E-state index in [1.807, 2.05) is 0 Å². The summed E-state index contributed by atoms with van der Waals surface area (Å²) in [5.41, 5.74) is 0.601. The van der Waals surface area contributed by atoms with Crippen LogP contribution in [0.25, 0.3) is 0 Å². The topological polar surface area (TPSA) is 64.6 Å². The molecule has 1 atom stereocenters. The largest absolute Gasteiger partial charge is 0.495 e. The number of carbonyl (C=O) groups is 2. The predicted octanol–water partition coefficient (Wildman–Crippen LogP) is 3.78. The molecule has 0 heterocycles. The van der Waals surface area contributed by atoms with Crippen LogP contribution < -0.4 is 10.1 Å². The fraction of sp³-hybridized carbons (Fsp3) is 0.176. The van der Waals surface area contributed by atoms with Gasteiger partial charge in [-0.3, -0.25) is 4.79 Å². The molecule has 1 N–H and O–H groups in total. The van der Waals surface area contributed by atoms with Crippen LogP contribution in [0.15, 0.2) is 46.9 Å². The van der Waals surface area contributed by atoms with Gasteiger partial charge in [-0.2, -0.15) is 0 Å². The molecule has 0 unspecified atom stereocenters. The number of carbonyl (C=O) groups excluding carboxylic acids is 2. The molecule has 0 saturated heterocycles. The molecule has 0 aliphatic heterocycles. The van der Waals surface area contributed by atoms with Crippen molar-refractivity contribution in [1.29, 1.82) is 0 Å². The molecule has 2 rings (SSSR count). The van der Waals surface area contributed by atoms with Gasteiger partial charge in [0.2, 0.25) is 0 Å². The molecule has 0 saturated carbocycles. The van der Waals surface area contributed by atoms with Gasteiger partial charge in [0.05, 0.1) is 18.4 Å². The van der Waals surface area contributed by atoms with E-state index in [4.69, 9.17) is 9.47 Å². The molecule has 126 valence electrons. The molecule has 0 fully saturated rings.